The lowest BCUT2D eigenvalue weighted by Gasteiger charge is -2.11. The first kappa shape index (κ1) is 23.1. The van der Waals surface area contributed by atoms with Crippen molar-refractivity contribution in [3.63, 3.8) is 0 Å². The molecule has 0 radical (unpaired) electrons. The third-order valence-corrected chi connectivity index (χ3v) is 6.48. The van der Waals surface area contributed by atoms with E-state index in [1.54, 1.807) is 62.8 Å². The number of nitrogens with one attached hydrogen (secondary N) is 2. The topological polar surface area (TPSA) is 102 Å². The predicted molar refractivity (Wildman–Crippen MR) is 132 cm³/mol. The molecule has 1 heterocycles. The monoisotopic (exact) mass is 476 g/mol. The number of hydrogen-bond donors (Lipinski definition) is 2. The third kappa shape index (κ3) is 5.26. The Labute approximate surface area is 198 Å². The maximum atomic E-state index is 12.6. The second kappa shape index (κ2) is 9.80. The molecule has 0 bridgehead atoms. The van der Waals surface area contributed by atoms with Crippen LogP contribution in [0.15, 0.2) is 84.0 Å². The van der Waals surface area contributed by atoms with Gasteiger partial charge in [-0.25, -0.2) is 18.4 Å². The van der Waals surface area contributed by atoms with E-state index in [9.17, 15) is 8.42 Å². The average molecular weight is 477 g/mol. The van der Waals surface area contributed by atoms with Crippen molar-refractivity contribution in [2.24, 2.45) is 0 Å². The van der Waals surface area contributed by atoms with Gasteiger partial charge >= 0.3 is 0 Å². The van der Waals surface area contributed by atoms with Gasteiger partial charge in [-0.15, -0.1) is 0 Å². The molecule has 9 heteroatoms. The van der Waals surface area contributed by atoms with Gasteiger partial charge in [-0.2, -0.15) is 0 Å². The normalized spacial score (nSPS) is 11.0. The van der Waals surface area contributed by atoms with E-state index in [1.165, 1.54) is 6.33 Å². The van der Waals surface area contributed by atoms with Crippen molar-refractivity contribution < 1.29 is 17.9 Å². The van der Waals surface area contributed by atoms with Crippen LogP contribution in [0.3, 0.4) is 0 Å². The Balaban J connectivity index is 1.48. The molecule has 0 saturated carbocycles. The first-order chi connectivity index (χ1) is 16.4. The second-order valence-corrected chi connectivity index (χ2v) is 9.16. The van der Waals surface area contributed by atoms with Crippen molar-refractivity contribution in [1.82, 2.24) is 9.97 Å². The highest BCUT2D eigenvalue weighted by molar-refractivity contribution is 7.92. The van der Waals surface area contributed by atoms with Gasteiger partial charge in [0.05, 0.1) is 24.8 Å². The van der Waals surface area contributed by atoms with E-state index in [0.29, 0.717) is 28.7 Å². The molecule has 34 heavy (non-hydrogen) atoms. The van der Waals surface area contributed by atoms with Gasteiger partial charge in [-0.05, 0) is 61.5 Å². The molecule has 0 unspecified atom stereocenters. The van der Waals surface area contributed by atoms with E-state index < -0.39 is 10.0 Å². The summed E-state index contributed by atoms with van der Waals surface area (Å²) >= 11 is 0. The summed E-state index contributed by atoms with van der Waals surface area (Å²) in [5, 5.41) is 3.21. The Hall–Kier alpha value is -4.11. The van der Waals surface area contributed by atoms with E-state index in [2.05, 4.69) is 20.0 Å². The summed E-state index contributed by atoms with van der Waals surface area (Å²) in [6.07, 6.45) is 1.47. The summed E-state index contributed by atoms with van der Waals surface area (Å²) < 4.78 is 38.4. The Kier molecular flexibility index (Phi) is 6.65. The highest BCUT2D eigenvalue weighted by Gasteiger charge is 2.14. The minimum atomic E-state index is -3.66. The summed E-state index contributed by atoms with van der Waals surface area (Å²) in [5.41, 5.74) is 3.76. The molecular weight excluding hydrogens is 452 g/mol. The SMILES string of the molecule is COc1ccc(-c2cc(Nc3ccc(NS(=O)(=O)c4ccc(C)cc4)cc3)ncn2)cc1OC. The van der Waals surface area contributed by atoms with Gasteiger partial charge in [0.25, 0.3) is 10.0 Å². The van der Waals surface area contributed by atoms with E-state index in [0.717, 1.165) is 16.8 Å². The molecule has 0 aliphatic rings. The molecule has 1 aromatic heterocycles. The first-order valence-electron chi connectivity index (χ1n) is 10.4. The van der Waals surface area contributed by atoms with Crippen LogP contribution < -0.4 is 19.5 Å². The minimum Gasteiger partial charge on any atom is -0.493 e. The molecule has 0 aliphatic carbocycles. The zero-order valence-corrected chi connectivity index (χ0v) is 19.8. The highest BCUT2D eigenvalue weighted by atomic mass is 32.2. The van der Waals surface area contributed by atoms with Crippen LogP contribution in [0, 0.1) is 6.92 Å². The van der Waals surface area contributed by atoms with Crippen LogP contribution in [0.5, 0.6) is 11.5 Å². The summed E-state index contributed by atoms with van der Waals surface area (Å²) in [4.78, 5) is 8.83. The van der Waals surface area contributed by atoms with Gasteiger partial charge < -0.3 is 14.8 Å². The Morgan fingerprint density at radius 2 is 1.44 bits per heavy atom. The first-order valence-corrected chi connectivity index (χ1v) is 11.9. The number of rotatable bonds is 8. The molecule has 0 spiro atoms. The molecule has 0 atom stereocenters. The van der Waals surface area contributed by atoms with Crippen molar-refractivity contribution in [3.8, 4) is 22.8 Å². The minimum absolute atomic E-state index is 0.212. The number of ether oxygens (including phenoxy) is 2. The fourth-order valence-corrected chi connectivity index (χ4v) is 4.34. The van der Waals surface area contributed by atoms with Crippen molar-refractivity contribution in [2.75, 3.05) is 24.3 Å². The van der Waals surface area contributed by atoms with E-state index in [-0.39, 0.29) is 4.90 Å². The Bertz CT molecular complexity index is 1390. The fraction of sp³-hybridized carbons (Fsp3) is 0.120. The van der Waals surface area contributed by atoms with Crippen LogP contribution in [0.2, 0.25) is 0 Å². The maximum Gasteiger partial charge on any atom is 0.261 e. The zero-order valence-electron chi connectivity index (χ0n) is 18.9. The van der Waals surface area contributed by atoms with Gasteiger partial charge in [0.2, 0.25) is 0 Å². The van der Waals surface area contributed by atoms with Crippen LogP contribution in [0.25, 0.3) is 11.3 Å². The highest BCUT2D eigenvalue weighted by Crippen LogP contribution is 2.32. The number of sulfonamides is 1. The molecule has 0 fully saturated rings. The van der Waals surface area contributed by atoms with Crippen molar-refractivity contribution in [3.05, 3.63) is 84.7 Å². The summed E-state index contributed by atoms with van der Waals surface area (Å²) in [6, 6.07) is 21.0. The van der Waals surface area contributed by atoms with Gasteiger partial charge in [-0.3, -0.25) is 4.72 Å². The number of hydrogen-bond acceptors (Lipinski definition) is 7. The number of benzene rings is 3. The van der Waals surface area contributed by atoms with Crippen molar-refractivity contribution in [1.29, 1.82) is 0 Å². The van der Waals surface area contributed by atoms with Crippen LogP contribution >= 0.6 is 0 Å². The standard InChI is InChI=1S/C25H24N4O4S/c1-17-4-11-21(12-5-17)34(30,31)29-20-9-7-19(8-10-20)28-25-15-22(26-16-27-25)18-6-13-23(32-2)24(14-18)33-3/h4-16,29H,1-3H3,(H,26,27,28). The smallest absolute Gasteiger partial charge is 0.261 e. The lowest BCUT2D eigenvalue weighted by atomic mass is 10.1. The Morgan fingerprint density at radius 1 is 0.765 bits per heavy atom. The number of aromatic nitrogens is 2. The van der Waals surface area contributed by atoms with Crippen LogP contribution in [0.1, 0.15) is 5.56 Å². The molecule has 0 amide bonds. The Morgan fingerprint density at radius 3 is 2.12 bits per heavy atom. The fourth-order valence-electron chi connectivity index (χ4n) is 3.28. The molecule has 2 N–H and O–H groups in total. The molecular formula is C25H24N4O4S. The summed E-state index contributed by atoms with van der Waals surface area (Å²) in [7, 11) is -0.490. The molecule has 3 aromatic carbocycles. The van der Waals surface area contributed by atoms with E-state index in [4.69, 9.17) is 9.47 Å². The number of aryl methyl sites for hydroxylation is 1. The maximum absolute atomic E-state index is 12.6. The second-order valence-electron chi connectivity index (χ2n) is 7.48. The molecule has 0 saturated heterocycles. The van der Waals surface area contributed by atoms with Crippen LogP contribution in [0.4, 0.5) is 17.2 Å². The lowest BCUT2D eigenvalue weighted by molar-refractivity contribution is 0.355. The van der Waals surface area contributed by atoms with Gasteiger partial charge in [0, 0.05) is 23.0 Å². The largest absolute Gasteiger partial charge is 0.493 e. The number of methoxy groups -OCH3 is 2. The van der Waals surface area contributed by atoms with Crippen LogP contribution in [-0.2, 0) is 10.0 Å². The number of nitrogens with zero attached hydrogens (tertiary/aromatic N) is 2. The van der Waals surface area contributed by atoms with Crippen molar-refractivity contribution in [2.45, 2.75) is 11.8 Å². The van der Waals surface area contributed by atoms with Crippen molar-refractivity contribution >= 4 is 27.2 Å². The zero-order chi connectivity index (χ0) is 24.1. The number of anilines is 3. The lowest BCUT2D eigenvalue weighted by Crippen LogP contribution is -2.12. The quantitative estimate of drug-likeness (QED) is 0.368. The van der Waals surface area contributed by atoms with Gasteiger partial charge in [0.15, 0.2) is 11.5 Å². The molecule has 0 aliphatic heterocycles. The summed E-state index contributed by atoms with van der Waals surface area (Å²) in [5.74, 6) is 1.83. The van der Waals surface area contributed by atoms with Gasteiger partial charge in [0.1, 0.15) is 12.1 Å². The third-order valence-electron chi connectivity index (χ3n) is 5.09. The predicted octanol–water partition coefficient (Wildman–Crippen LogP) is 5.01. The van der Waals surface area contributed by atoms with Gasteiger partial charge in [-0.1, -0.05) is 17.7 Å². The summed E-state index contributed by atoms with van der Waals surface area (Å²) in [6.45, 7) is 1.91. The van der Waals surface area contributed by atoms with E-state index >= 15 is 0 Å². The molecule has 174 valence electrons. The molecule has 8 nitrogen and oxygen atoms in total. The van der Waals surface area contributed by atoms with Crippen LogP contribution in [-0.4, -0.2) is 32.6 Å². The molecule has 4 rings (SSSR count). The van der Waals surface area contributed by atoms with E-state index in [1.807, 2.05) is 31.2 Å². The molecule has 4 aromatic rings. The average Bonchev–Trinajstić information content (AvgIpc) is 2.85.